The average molecular weight is 328 g/mol. The molecule has 0 heterocycles. The van der Waals surface area contributed by atoms with Crippen LogP contribution in [0.25, 0.3) is 0 Å². The monoisotopic (exact) mass is 328 g/mol. The summed E-state index contributed by atoms with van der Waals surface area (Å²) in [5.41, 5.74) is 7.03. The standard InChI is InChI=1S/C24H24O/c1-2-8-19(9-3-1)17-25-18-20-10-4-5-13-23-15-21-11-6-7-12-22(21)16-24(23)14-20/h1-3,5-14,23H,4,15-18H2/b13-5-,20-10+,24-14-/t23-/m1/s1. The van der Waals surface area contributed by atoms with Crippen molar-refractivity contribution in [3.63, 3.8) is 0 Å². The summed E-state index contributed by atoms with van der Waals surface area (Å²) in [7, 11) is 0. The molecule has 0 bridgehead atoms. The van der Waals surface area contributed by atoms with Gasteiger partial charge in [0, 0.05) is 5.92 Å². The minimum Gasteiger partial charge on any atom is -0.372 e. The van der Waals surface area contributed by atoms with Gasteiger partial charge >= 0.3 is 0 Å². The molecule has 0 saturated carbocycles. The van der Waals surface area contributed by atoms with E-state index in [1.807, 2.05) is 6.07 Å². The van der Waals surface area contributed by atoms with Crippen LogP contribution in [-0.2, 0) is 24.2 Å². The first-order valence-corrected chi connectivity index (χ1v) is 9.13. The number of allylic oxidation sites excluding steroid dienone is 4. The van der Waals surface area contributed by atoms with Crippen molar-refractivity contribution in [2.24, 2.45) is 5.92 Å². The number of hydrogen-bond donors (Lipinski definition) is 0. The molecule has 1 atom stereocenters. The van der Waals surface area contributed by atoms with Gasteiger partial charge in [0.1, 0.15) is 0 Å². The quantitative estimate of drug-likeness (QED) is 0.680. The molecular weight excluding hydrogens is 304 g/mol. The molecule has 0 unspecified atom stereocenters. The number of benzene rings is 2. The van der Waals surface area contributed by atoms with Crippen LogP contribution in [0, 0.1) is 5.92 Å². The van der Waals surface area contributed by atoms with Gasteiger partial charge in [-0.15, -0.1) is 0 Å². The van der Waals surface area contributed by atoms with Gasteiger partial charge in [-0.1, -0.05) is 84.5 Å². The molecule has 2 aromatic rings. The number of fused-ring (bicyclic) bond motifs is 2. The van der Waals surface area contributed by atoms with E-state index in [2.05, 4.69) is 72.8 Å². The zero-order valence-corrected chi connectivity index (χ0v) is 14.5. The van der Waals surface area contributed by atoms with Crippen molar-refractivity contribution in [2.45, 2.75) is 25.9 Å². The van der Waals surface area contributed by atoms with Gasteiger partial charge < -0.3 is 4.74 Å². The van der Waals surface area contributed by atoms with Crippen molar-refractivity contribution in [3.05, 3.63) is 107 Å². The highest BCUT2D eigenvalue weighted by Crippen LogP contribution is 2.32. The van der Waals surface area contributed by atoms with Gasteiger partial charge in [-0.25, -0.2) is 0 Å². The molecule has 0 radical (unpaired) electrons. The Morgan fingerprint density at radius 3 is 2.56 bits per heavy atom. The third kappa shape index (κ3) is 4.00. The molecule has 2 aliphatic carbocycles. The maximum absolute atomic E-state index is 5.97. The average Bonchev–Trinajstić information content (AvgIpc) is 2.64. The van der Waals surface area contributed by atoms with Gasteiger partial charge in [-0.2, -0.15) is 0 Å². The smallest absolute Gasteiger partial charge is 0.0721 e. The summed E-state index contributed by atoms with van der Waals surface area (Å²) in [5.74, 6) is 0.535. The summed E-state index contributed by atoms with van der Waals surface area (Å²) in [6.45, 7) is 1.35. The fraction of sp³-hybridized carbons (Fsp3) is 0.250. The Hall–Kier alpha value is -2.38. The van der Waals surface area contributed by atoms with Crippen molar-refractivity contribution in [3.8, 4) is 0 Å². The van der Waals surface area contributed by atoms with Crippen LogP contribution in [0.3, 0.4) is 0 Å². The second-order valence-corrected chi connectivity index (χ2v) is 6.90. The zero-order chi connectivity index (χ0) is 16.9. The normalized spacial score (nSPS) is 24.6. The molecular formula is C24H24O. The third-order valence-corrected chi connectivity index (χ3v) is 5.06. The molecule has 0 fully saturated rings. The van der Waals surface area contributed by atoms with Crippen LogP contribution in [-0.4, -0.2) is 6.61 Å². The van der Waals surface area contributed by atoms with E-state index in [1.165, 1.54) is 27.8 Å². The van der Waals surface area contributed by atoms with Crippen LogP contribution in [0.1, 0.15) is 23.1 Å². The van der Waals surface area contributed by atoms with E-state index in [-0.39, 0.29) is 0 Å². The summed E-state index contributed by atoms with van der Waals surface area (Å²) >= 11 is 0. The molecule has 0 aliphatic heterocycles. The minimum atomic E-state index is 0.535. The lowest BCUT2D eigenvalue weighted by molar-refractivity contribution is 0.144. The minimum absolute atomic E-state index is 0.535. The maximum Gasteiger partial charge on any atom is 0.0721 e. The molecule has 2 aromatic carbocycles. The Morgan fingerprint density at radius 1 is 0.880 bits per heavy atom. The number of hydrogen-bond acceptors (Lipinski definition) is 1. The van der Waals surface area contributed by atoms with Crippen molar-refractivity contribution in [1.82, 2.24) is 0 Å². The fourth-order valence-electron chi connectivity index (χ4n) is 3.72. The Kier molecular flexibility index (Phi) is 4.94. The molecule has 126 valence electrons. The molecule has 2 aliphatic rings. The van der Waals surface area contributed by atoms with Crippen LogP contribution in [0.2, 0.25) is 0 Å². The van der Waals surface area contributed by atoms with E-state index in [1.54, 1.807) is 0 Å². The Morgan fingerprint density at radius 2 is 1.68 bits per heavy atom. The van der Waals surface area contributed by atoms with Gasteiger partial charge in [0.25, 0.3) is 0 Å². The van der Waals surface area contributed by atoms with Gasteiger partial charge in [-0.3, -0.25) is 0 Å². The molecule has 0 aromatic heterocycles. The van der Waals surface area contributed by atoms with Crippen LogP contribution < -0.4 is 0 Å². The van der Waals surface area contributed by atoms with Crippen molar-refractivity contribution in [2.75, 3.05) is 6.61 Å². The van der Waals surface area contributed by atoms with E-state index in [4.69, 9.17) is 4.74 Å². The second kappa shape index (κ2) is 7.67. The number of rotatable bonds is 4. The van der Waals surface area contributed by atoms with Crippen LogP contribution >= 0.6 is 0 Å². The Balaban J connectivity index is 1.47. The molecule has 1 nitrogen and oxygen atoms in total. The van der Waals surface area contributed by atoms with Crippen molar-refractivity contribution < 1.29 is 4.74 Å². The highest BCUT2D eigenvalue weighted by Gasteiger charge is 2.21. The topological polar surface area (TPSA) is 9.23 Å². The molecule has 4 rings (SSSR count). The first kappa shape index (κ1) is 16.1. The largest absolute Gasteiger partial charge is 0.372 e. The van der Waals surface area contributed by atoms with Gasteiger partial charge in [0.15, 0.2) is 0 Å². The zero-order valence-electron chi connectivity index (χ0n) is 14.5. The highest BCUT2D eigenvalue weighted by molar-refractivity contribution is 5.42. The van der Waals surface area contributed by atoms with Crippen LogP contribution in [0.5, 0.6) is 0 Å². The lowest BCUT2D eigenvalue weighted by Gasteiger charge is -2.27. The number of ether oxygens (including phenoxy) is 1. The van der Waals surface area contributed by atoms with Crippen molar-refractivity contribution in [1.29, 1.82) is 0 Å². The molecule has 0 saturated heterocycles. The predicted octanol–water partition coefficient (Wildman–Crippen LogP) is 5.43. The van der Waals surface area contributed by atoms with Crippen LogP contribution in [0.15, 0.2) is 90.0 Å². The summed E-state index contributed by atoms with van der Waals surface area (Å²) in [6.07, 6.45) is 12.5. The predicted molar refractivity (Wildman–Crippen MR) is 103 cm³/mol. The van der Waals surface area contributed by atoms with E-state index in [9.17, 15) is 0 Å². The lowest BCUT2D eigenvalue weighted by atomic mass is 9.78. The van der Waals surface area contributed by atoms with Gasteiger partial charge in [-0.05, 0) is 41.5 Å². The van der Waals surface area contributed by atoms with Crippen molar-refractivity contribution >= 4 is 0 Å². The summed E-state index contributed by atoms with van der Waals surface area (Å²) < 4.78 is 5.97. The SMILES string of the molecule is C1=C\[C@@H]2Cc3ccccc3C/C2=C/C(COCc2ccccc2)=C\C/1. The van der Waals surface area contributed by atoms with Gasteiger partial charge in [0.2, 0.25) is 0 Å². The fourth-order valence-corrected chi connectivity index (χ4v) is 3.72. The molecule has 25 heavy (non-hydrogen) atoms. The van der Waals surface area contributed by atoms with Gasteiger partial charge in [0.05, 0.1) is 13.2 Å². The summed E-state index contributed by atoms with van der Waals surface area (Å²) in [5, 5.41) is 0. The maximum atomic E-state index is 5.97. The molecule has 1 heteroatoms. The van der Waals surface area contributed by atoms with E-state index in [0.717, 1.165) is 19.3 Å². The summed E-state index contributed by atoms with van der Waals surface area (Å²) in [6, 6.07) is 19.2. The Bertz CT molecular complexity index is 811. The molecule has 0 N–H and O–H groups in total. The third-order valence-electron chi connectivity index (χ3n) is 5.06. The van der Waals surface area contributed by atoms with E-state index >= 15 is 0 Å². The van der Waals surface area contributed by atoms with Crippen LogP contribution in [0.4, 0.5) is 0 Å². The highest BCUT2D eigenvalue weighted by atomic mass is 16.5. The lowest BCUT2D eigenvalue weighted by Crippen LogP contribution is -2.17. The first-order valence-electron chi connectivity index (χ1n) is 9.13. The van der Waals surface area contributed by atoms with E-state index < -0.39 is 0 Å². The van der Waals surface area contributed by atoms with E-state index in [0.29, 0.717) is 19.1 Å². The second-order valence-electron chi connectivity index (χ2n) is 6.90. The molecule has 0 amide bonds. The molecule has 0 spiro atoms. The Labute approximate surface area is 150 Å². The first-order chi connectivity index (χ1) is 12.4. The summed E-state index contributed by atoms with van der Waals surface area (Å²) in [4.78, 5) is 0.